The normalized spacial score (nSPS) is 10.3. The third-order valence-corrected chi connectivity index (χ3v) is 4.61. The predicted molar refractivity (Wildman–Crippen MR) is 107 cm³/mol. The summed E-state index contributed by atoms with van der Waals surface area (Å²) in [4.78, 5) is 7.14. The summed E-state index contributed by atoms with van der Waals surface area (Å²) in [6, 6.07) is 12.7. The van der Waals surface area contributed by atoms with Crippen molar-refractivity contribution < 1.29 is 17.0 Å². The van der Waals surface area contributed by atoms with Gasteiger partial charge in [-0.05, 0) is 32.4 Å². The fraction of sp³-hybridized carbons (Fsp3) is 0.524. The van der Waals surface area contributed by atoms with Gasteiger partial charge in [0.1, 0.15) is 0 Å². The van der Waals surface area contributed by atoms with E-state index in [0.29, 0.717) is 0 Å². The van der Waals surface area contributed by atoms with Crippen molar-refractivity contribution >= 4 is 17.5 Å². The molecule has 0 aliphatic rings. The second kappa shape index (κ2) is 11.7. The molecule has 1 aromatic carbocycles. The average molecular weight is 377 g/mol. The molecular formula is C21H33ClN4. The van der Waals surface area contributed by atoms with Crippen LogP contribution in [0.5, 0.6) is 0 Å². The number of nitrogens with one attached hydrogen (secondary N) is 1. The van der Waals surface area contributed by atoms with E-state index in [9.17, 15) is 0 Å². The molecule has 0 aliphatic heterocycles. The Bertz CT molecular complexity index is 646. The molecular weight excluding hydrogens is 344 g/mol. The van der Waals surface area contributed by atoms with Crippen LogP contribution in [-0.4, -0.2) is 18.6 Å². The molecule has 0 fully saturated rings. The van der Waals surface area contributed by atoms with E-state index in [1.165, 1.54) is 43.5 Å². The predicted octanol–water partition coefficient (Wildman–Crippen LogP) is 1.85. The Morgan fingerprint density at radius 2 is 1.73 bits per heavy atom. The monoisotopic (exact) mass is 376 g/mol. The molecule has 0 bridgehead atoms. The van der Waals surface area contributed by atoms with Gasteiger partial charge in [-0.1, -0.05) is 55.8 Å². The van der Waals surface area contributed by atoms with Gasteiger partial charge < -0.3 is 17.3 Å². The molecule has 4 nitrogen and oxygen atoms in total. The molecule has 0 amide bonds. The van der Waals surface area contributed by atoms with Gasteiger partial charge in [0.2, 0.25) is 5.82 Å². The maximum Gasteiger partial charge on any atom is 0.393 e. The van der Waals surface area contributed by atoms with Gasteiger partial charge in [0, 0.05) is 18.3 Å². The topological polar surface area (TPSA) is 32.0 Å². The molecule has 0 aliphatic carbocycles. The summed E-state index contributed by atoms with van der Waals surface area (Å²) in [6.45, 7) is 8.51. The highest BCUT2D eigenvalue weighted by Gasteiger charge is 2.19. The Morgan fingerprint density at radius 1 is 1.04 bits per heavy atom. The van der Waals surface area contributed by atoms with Gasteiger partial charge in [0.25, 0.3) is 0 Å². The van der Waals surface area contributed by atoms with Gasteiger partial charge in [0.15, 0.2) is 0 Å². The smallest absolute Gasteiger partial charge is 0.393 e. The van der Waals surface area contributed by atoms with Crippen LogP contribution < -0.4 is 27.2 Å². The van der Waals surface area contributed by atoms with E-state index in [0.717, 1.165) is 24.9 Å². The molecule has 0 unspecified atom stereocenters. The van der Waals surface area contributed by atoms with Crippen molar-refractivity contribution in [1.82, 2.24) is 4.98 Å². The fourth-order valence-electron chi connectivity index (χ4n) is 3.20. The van der Waals surface area contributed by atoms with Crippen molar-refractivity contribution in [3.63, 3.8) is 0 Å². The first-order chi connectivity index (χ1) is 12.2. The Hall–Kier alpha value is -1.81. The highest BCUT2D eigenvalue weighted by molar-refractivity contribution is 5.60. The molecule has 0 spiro atoms. The minimum Gasteiger partial charge on any atom is -1.00 e. The molecule has 0 saturated heterocycles. The Labute approximate surface area is 165 Å². The summed E-state index contributed by atoms with van der Waals surface area (Å²) < 4.78 is 2.30. The van der Waals surface area contributed by atoms with E-state index < -0.39 is 0 Å². The lowest BCUT2D eigenvalue weighted by Crippen LogP contribution is -3.00. The van der Waals surface area contributed by atoms with Crippen LogP contribution in [0.4, 0.5) is 17.5 Å². The molecule has 2 rings (SSSR count). The number of halogens is 1. The Kier molecular flexibility index (Phi) is 10.0. The lowest BCUT2D eigenvalue weighted by atomic mass is 10.1. The third kappa shape index (κ3) is 5.87. The maximum atomic E-state index is 4.89. The average Bonchev–Trinajstić information content (AvgIpc) is 2.64. The summed E-state index contributed by atoms with van der Waals surface area (Å²) in [5, 5.41) is 3.28. The van der Waals surface area contributed by atoms with Crippen molar-refractivity contribution in [2.24, 2.45) is 0 Å². The number of hydrogen-bond acceptors (Lipinski definition) is 3. The van der Waals surface area contributed by atoms with Gasteiger partial charge in [-0.3, -0.25) is 5.32 Å². The van der Waals surface area contributed by atoms with Gasteiger partial charge in [0.05, 0.1) is 19.3 Å². The lowest BCUT2D eigenvalue weighted by Gasteiger charge is -2.21. The fourth-order valence-corrected chi connectivity index (χ4v) is 3.20. The van der Waals surface area contributed by atoms with Crippen LogP contribution in [0, 0.1) is 6.92 Å². The molecule has 1 heterocycles. The van der Waals surface area contributed by atoms with Gasteiger partial charge in [-0.25, -0.2) is 4.57 Å². The molecule has 0 radical (unpaired) electrons. The molecule has 5 heteroatoms. The van der Waals surface area contributed by atoms with Crippen LogP contribution in [-0.2, 0) is 6.54 Å². The highest BCUT2D eigenvalue weighted by atomic mass is 35.5. The number of nitrogens with zero attached hydrogens (tertiary/aromatic N) is 3. The van der Waals surface area contributed by atoms with Crippen LogP contribution in [0.3, 0.4) is 0 Å². The van der Waals surface area contributed by atoms with Gasteiger partial charge >= 0.3 is 5.95 Å². The number of para-hydroxylation sites is 1. The van der Waals surface area contributed by atoms with Crippen LogP contribution in [0.15, 0.2) is 36.4 Å². The van der Waals surface area contributed by atoms with Crippen LogP contribution in [0.25, 0.3) is 0 Å². The van der Waals surface area contributed by atoms with Crippen LogP contribution >= 0.6 is 0 Å². The first-order valence-corrected chi connectivity index (χ1v) is 9.63. The van der Waals surface area contributed by atoms with E-state index in [1.807, 2.05) is 13.1 Å². The Morgan fingerprint density at radius 3 is 2.35 bits per heavy atom. The van der Waals surface area contributed by atoms with E-state index in [1.54, 1.807) is 0 Å². The van der Waals surface area contributed by atoms with E-state index in [4.69, 9.17) is 4.98 Å². The van der Waals surface area contributed by atoms with Crippen molar-refractivity contribution in [3.8, 4) is 0 Å². The van der Waals surface area contributed by atoms with Crippen molar-refractivity contribution in [1.29, 1.82) is 0 Å². The van der Waals surface area contributed by atoms with E-state index in [2.05, 4.69) is 65.9 Å². The van der Waals surface area contributed by atoms with Gasteiger partial charge in [-0.2, -0.15) is 0 Å². The Balaban J connectivity index is 0.00000338. The zero-order valence-electron chi connectivity index (χ0n) is 16.6. The quantitative estimate of drug-likeness (QED) is 0.507. The zero-order chi connectivity index (χ0) is 18.1. The largest absolute Gasteiger partial charge is 1.00 e. The number of aryl methyl sites for hydroxylation is 1. The third-order valence-electron chi connectivity index (χ3n) is 4.61. The maximum absolute atomic E-state index is 4.89. The molecule has 2 aromatic rings. The molecule has 144 valence electrons. The highest BCUT2D eigenvalue weighted by Crippen LogP contribution is 2.24. The number of rotatable bonds is 10. The minimum atomic E-state index is 0. The number of anilines is 3. The molecule has 26 heavy (non-hydrogen) atoms. The molecule has 1 N–H and O–H groups in total. The second-order valence-electron chi connectivity index (χ2n) is 6.47. The van der Waals surface area contributed by atoms with Crippen molar-refractivity contribution in [3.05, 3.63) is 42.1 Å². The first-order valence-electron chi connectivity index (χ1n) is 9.63. The van der Waals surface area contributed by atoms with Crippen LogP contribution in [0.1, 0.15) is 51.6 Å². The second-order valence-corrected chi connectivity index (χ2v) is 6.47. The summed E-state index contributed by atoms with van der Waals surface area (Å²) in [7, 11) is 1.96. The number of unbranched alkanes of at least 4 members (excludes halogenated alkanes) is 4. The summed E-state index contributed by atoms with van der Waals surface area (Å²) in [6.07, 6.45) is 6.45. The molecule has 1 aromatic heterocycles. The number of benzene rings is 1. The van der Waals surface area contributed by atoms with E-state index in [-0.39, 0.29) is 12.4 Å². The summed E-state index contributed by atoms with van der Waals surface area (Å²) in [5.41, 5.74) is 2.43. The standard InChI is InChI=1S/C21H32N4.ClH/c1-5-7-8-9-13-16-25-18(3)17-20(23-21(25)22-4)24(6-2)19-14-11-10-12-15-19;/h10-12,14-15,17H,5-9,13,16H2,1-4H3;1H. The van der Waals surface area contributed by atoms with Gasteiger partial charge in [-0.15, -0.1) is 0 Å². The summed E-state index contributed by atoms with van der Waals surface area (Å²) >= 11 is 0. The molecule has 0 atom stereocenters. The number of hydrogen-bond donors (Lipinski definition) is 1. The lowest BCUT2D eigenvalue weighted by molar-refractivity contribution is -0.691. The number of aromatic nitrogens is 2. The van der Waals surface area contributed by atoms with E-state index >= 15 is 0 Å². The minimum absolute atomic E-state index is 0. The SMILES string of the molecule is CCCCCCC[n+]1c(C)cc(N(CC)c2ccccc2)nc1NC.[Cl-]. The summed E-state index contributed by atoms with van der Waals surface area (Å²) in [5.74, 6) is 1.94. The zero-order valence-corrected chi connectivity index (χ0v) is 17.4. The van der Waals surface area contributed by atoms with Crippen LogP contribution in [0.2, 0.25) is 0 Å². The van der Waals surface area contributed by atoms with Crippen molar-refractivity contribution in [2.45, 2.75) is 59.4 Å². The van der Waals surface area contributed by atoms with Crippen molar-refractivity contribution in [2.75, 3.05) is 23.8 Å². The molecule has 0 saturated carbocycles. The first kappa shape index (κ1) is 22.2.